The van der Waals surface area contributed by atoms with Crippen molar-refractivity contribution in [2.45, 2.75) is 40.3 Å². The van der Waals surface area contributed by atoms with Gasteiger partial charge in [0, 0.05) is 0 Å². The van der Waals surface area contributed by atoms with E-state index in [1.165, 1.54) is 0 Å². The van der Waals surface area contributed by atoms with Gasteiger partial charge in [0.25, 0.3) is 5.50 Å². The van der Waals surface area contributed by atoms with Crippen LogP contribution in [-0.4, -0.2) is 57.1 Å². The van der Waals surface area contributed by atoms with Gasteiger partial charge in [0.05, 0.1) is 0 Å². The van der Waals surface area contributed by atoms with Gasteiger partial charge >= 0.3 is 55.1 Å². The van der Waals surface area contributed by atoms with Crippen LogP contribution in [-0.2, 0) is 24.5 Å². The fraction of sp³-hybridized carbons (Fsp3) is 1.00. The van der Waals surface area contributed by atoms with Gasteiger partial charge in [0.15, 0.2) is 0 Å². The predicted octanol–water partition coefficient (Wildman–Crippen LogP) is 2.74. The third kappa shape index (κ3) is 2.61. The second kappa shape index (κ2) is 5.51. The van der Waals surface area contributed by atoms with Crippen molar-refractivity contribution in [2.75, 3.05) is 0 Å². The molecule has 1 saturated heterocycles. The molecule has 5 nitrogen and oxygen atoms in total. The van der Waals surface area contributed by atoms with Gasteiger partial charge < -0.3 is 0 Å². The summed E-state index contributed by atoms with van der Waals surface area (Å²) >= 11 is 0. The summed E-state index contributed by atoms with van der Waals surface area (Å²) in [5.74, 6) is -31.9. The highest BCUT2D eigenvalue weighted by atomic mass is 32.3. The molecule has 1 aliphatic rings. The molecule has 1 rings (SSSR count). The summed E-state index contributed by atoms with van der Waals surface area (Å²) in [6, 6.07) is 0. The maximum absolute atomic E-state index is 13.5. The molecule has 0 aromatic rings. The first-order chi connectivity index (χ1) is 11.4. The number of hydrogen-bond donors (Lipinski definition) is 0. The Morgan fingerprint density at radius 3 is 1.48 bits per heavy atom. The van der Waals surface area contributed by atoms with Gasteiger partial charge in [0.1, 0.15) is 0 Å². The van der Waals surface area contributed by atoms with Crippen molar-refractivity contribution < 1.29 is 77.6 Å². The van der Waals surface area contributed by atoms with E-state index in [1.54, 1.807) is 0 Å². The van der Waals surface area contributed by atoms with Crippen molar-refractivity contribution in [2.24, 2.45) is 0 Å². The zero-order chi connectivity index (χ0) is 22.3. The third-order valence-corrected chi connectivity index (χ3v) is 5.48. The van der Waals surface area contributed by atoms with Crippen LogP contribution in [0.5, 0.6) is 0 Å². The van der Waals surface area contributed by atoms with E-state index in [1.807, 2.05) is 0 Å². The molecule has 2 unspecified atom stereocenters. The third-order valence-electron chi connectivity index (χ3n) is 3.08. The average Bonchev–Trinajstić information content (AvgIpc) is 2.42. The molecule has 0 aliphatic carbocycles. The molecule has 0 saturated carbocycles. The lowest BCUT2D eigenvalue weighted by Crippen LogP contribution is -2.80. The standard InChI is InChI=1S/C7HF13O5S2/c8-1(26(20,21)22)2(9,10)3(11,12)4(13,14)5(15,16)6(17)7(18,19)25-27(6,23)24/h1H. The second-order valence-electron chi connectivity index (χ2n) is 4.79. The predicted molar refractivity (Wildman–Crippen MR) is 53.5 cm³/mol. The van der Waals surface area contributed by atoms with Crippen LogP contribution < -0.4 is 0 Å². The maximum Gasteiger partial charge on any atom is 0.427 e. The lowest BCUT2D eigenvalue weighted by molar-refractivity contribution is -0.419. The van der Waals surface area contributed by atoms with E-state index in [0.717, 1.165) is 0 Å². The van der Waals surface area contributed by atoms with E-state index in [9.17, 15) is 73.4 Å². The van der Waals surface area contributed by atoms with Gasteiger partial charge in [-0.1, -0.05) is 0 Å². The Morgan fingerprint density at radius 1 is 0.852 bits per heavy atom. The highest BCUT2D eigenvalue weighted by molar-refractivity contribution is 7.89. The van der Waals surface area contributed by atoms with Crippen LogP contribution in [0.25, 0.3) is 0 Å². The topological polar surface area (TPSA) is 77.5 Å². The van der Waals surface area contributed by atoms with E-state index in [2.05, 4.69) is 4.18 Å². The molecule has 0 aromatic carbocycles. The first-order valence-corrected chi connectivity index (χ1v) is 8.32. The molecular formula is C7HF13O5S2. The molecule has 27 heavy (non-hydrogen) atoms. The Morgan fingerprint density at radius 2 is 1.22 bits per heavy atom. The van der Waals surface area contributed by atoms with Crippen LogP contribution in [0.3, 0.4) is 0 Å². The minimum Gasteiger partial charge on any atom is -0.220 e. The summed E-state index contributed by atoms with van der Waals surface area (Å²) < 4.78 is 212. The monoisotopic (exact) mass is 476 g/mol. The molecule has 0 N–H and O–H groups in total. The van der Waals surface area contributed by atoms with Crippen molar-refractivity contribution in [3.63, 3.8) is 0 Å². The molecule has 1 aliphatic heterocycles. The lowest BCUT2D eigenvalue weighted by Gasteiger charge is -2.47. The largest absolute Gasteiger partial charge is 0.427 e. The summed E-state index contributed by atoms with van der Waals surface area (Å²) in [6.45, 7) is 0. The zero-order valence-corrected chi connectivity index (χ0v) is 13.0. The lowest BCUT2D eigenvalue weighted by atomic mass is 9.95. The van der Waals surface area contributed by atoms with Crippen LogP contribution in [0, 0.1) is 0 Å². The minimum atomic E-state index is -8.23. The molecule has 0 amide bonds. The van der Waals surface area contributed by atoms with Gasteiger partial charge in [-0.3, -0.25) is 0 Å². The molecule has 2 atom stereocenters. The van der Waals surface area contributed by atoms with Crippen LogP contribution in [0.4, 0.5) is 56.6 Å². The fourth-order valence-electron chi connectivity index (χ4n) is 1.63. The van der Waals surface area contributed by atoms with Gasteiger partial charge in [0.2, 0.25) is 0 Å². The van der Waals surface area contributed by atoms with E-state index < -0.39 is 60.6 Å². The Labute approximate surface area is 139 Å². The molecule has 1 heterocycles. The molecule has 0 bridgehead atoms. The fourth-order valence-corrected chi connectivity index (χ4v) is 3.29. The van der Waals surface area contributed by atoms with Gasteiger partial charge in [-0.25, -0.2) is 8.78 Å². The first-order valence-electron chi connectivity index (χ1n) is 5.47. The van der Waals surface area contributed by atoms with E-state index in [4.69, 9.17) is 0 Å². The summed E-state index contributed by atoms with van der Waals surface area (Å²) in [5.41, 5.74) is -5.95. The Hall–Kier alpha value is -1.05. The SMILES string of the molecule is O=S(=O)(F)C(F)C(F)(F)C(F)(F)C(F)(F)C(F)(F)C1(F)C(F)(F)OS1(=O)=O. The first kappa shape index (κ1) is 24.0. The van der Waals surface area contributed by atoms with Crippen LogP contribution in [0.2, 0.25) is 0 Å². The van der Waals surface area contributed by atoms with E-state index in [-0.39, 0.29) is 0 Å². The van der Waals surface area contributed by atoms with Crippen molar-refractivity contribution in [1.29, 1.82) is 0 Å². The van der Waals surface area contributed by atoms with Gasteiger partial charge in [-0.2, -0.15) is 64.9 Å². The van der Waals surface area contributed by atoms with Crippen LogP contribution >= 0.6 is 0 Å². The highest BCUT2D eigenvalue weighted by Crippen LogP contribution is 2.66. The number of rotatable bonds is 6. The number of hydrogen-bond acceptors (Lipinski definition) is 5. The summed E-state index contributed by atoms with van der Waals surface area (Å²) in [4.78, 5) is 0. The van der Waals surface area contributed by atoms with Crippen molar-refractivity contribution in [3.05, 3.63) is 0 Å². The molecule has 0 spiro atoms. The van der Waals surface area contributed by atoms with Gasteiger partial charge in [-0.05, 0) is 0 Å². The molecule has 162 valence electrons. The Kier molecular flexibility index (Phi) is 4.90. The van der Waals surface area contributed by atoms with Crippen molar-refractivity contribution in [1.82, 2.24) is 0 Å². The molecule has 20 heteroatoms. The second-order valence-corrected chi connectivity index (χ2v) is 7.79. The quantitative estimate of drug-likeness (QED) is 0.335. The smallest absolute Gasteiger partial charge is 0.220 e. The van der Waals surface area contributed by atoms with Crippen LogP contribution in [0.15, 0.2) is 0 Å². The van der Waals surface area contributed by atoms with Gasteiger partial charge in [-0.15, -0.1) is 3.89 Å². The summed E-state index contributed by atoms with van der Waals surface area (Å²) in [7, 11) is -14.6. The number of alkyl halides is 12. The van der Waals surface area contributed by atoms with E-state index >= 15 is 0 Å². The molecular weight excluding hydrogens is 475 g/mol. The maximum atomic E-state index is 13.5. The average molecular weight is 476 g/mol. The molecule has 1 fully saturated rings. The minimum absolute atomic E-state index is 2.20. The molecule has 0 aromatic heterocycles. The Bertz CT molecular complexity index is 833. The van der Waals surface area contributed by atoms with Crippen molar-refractivity contribution in [3.8, 4) is 0 Å². The van der Waals surface area contributed by atoms with Crippen LogP contribution in [0.1, 0.15) is 0 Å². The highest BCUT2D eigenvalue weighted by Gasteiger charge is 2.98. The summed E-state index contributed by atoms with van der Waals surface area (Å²) in [5, 5.41) is -7.06. The Balaban J connectivity index is 3.69. The summed E-state index contributed by atoms with van der Waals surface area (Å²) in [6.07, 6.45) is -6.48. The zero-order valence-electron chi connectivity index (χ0n) is 11.3. The van der Waals surface area contributed by atoms with E-state index in [0.29, 0.717) is 0 Å². The normalized spacial score (nSPS) is 27.7. The number of halogens is 13. The van der Waals surface area contributed by atoms with Crippen molar-refractivity contribution >= 4 is 20.3 Å². The molecule has 0 radical (unpaired) electrons.